The Morgan fingerprint density at radius 3 is 2.60 bits per heavy atom. The van der Waals surface area contributed by atoms with E-state index in [0.717, 1.165) is 11.4 Å². The molecule has 3 rings (SSSR count). The molecule has 0 radical (unpaired) electrons. The Balaban J connectivity index is 1.84. The third kappa shape index (κ3) is 2.54. The second-order valence-corrected chi connectivity index (χ2v) is 4.41. The van der Waals surface area contributed by atoms with Crippen molar-refractivity contribution in [1.82, 2.24) is 9.78 Å². The van der Waals surface area contributed by atoms with Crippen molar-refractivity contribution in [3.05, 3.63) is 78.4 Å². The number of hydrogen-bond donors (Lipinski definition) is 1. The maximum atomic E-state index is 13.6. The molecule has 0 aliphatic rings. The Morgan fingerprint density at radius 2 is 1.80 bits per heavy atom. The predicted octanol–water partition coefficient (Wildman–Crippen LogP) is 3.62. The van der Waals surface area contributed by atoms with Crippen molar-refractivity contribution in [3.63, 3.8) is 0 Å². The van der Waals surface area contributed by atoms with E-state index >= 15 is 0 Å². The molecule has 3 aromatic rings. The standard InChI is InChI=1S/C16H14FN3/c17-14-7-2-1-6-13(14)12-18-15-8-3-4-9-16(15)20-11-5-10-19-20/h1-11,18H,12H2. The van der Waals surface area contributed by atoms with Gasteiger partial charge in [-0.1, -0.05) is 30.3 Å². The van der Waals surface area contributed by atoms with Crippen LogP contribution in [0.5, 0.6) is 0 Å². The third-order valence-corrected chi connectivity index (χ3v) is 3.08. The van der Waals surface area contributed by atoms with Gasteiger partial charge in [-0.2, -0.15) is 5.10 Å². The number of rotatable bonds is 4. The van der Waals surface area contributed by atoms with Crippen molar-refractivity contribution in [2.45, 2.75) is 6.54 Å². The summed E-state index contributed by atoms with van der Waals surface area (Å²) >= 11 is 0. The van der Waals surface area contributed by atoms with E-state index in [2.05, 4.69) is 10.4 Å². The lowest BCUT2D eigenvalue weighted by Gasteiger charge is -2.12. The van der Waals surface area contributed by atoms with Gasteiger partial charge in [-0.25, -0.2) is 9.07 Å². The molecule has 1 aromatic heterocycles. The molecule has 4 heteroatoms. The molecule has 0 aliphatic carbocycles. The molecule has 0 spiro atoms. The van der Waals surface area contributed by atoms with Gasteiger partial charge in [0, 0.05) is 24.5 Å². The molecule has 0 atom stereocenters. The second kappa shape index (κ2) is 5.57. The van der Waals surface area contributed by atoms with Crippen LogP contribution < -0.4 is 5.32 Å². The molecular formula is C16H14FN3. The zero-order chi connectivity index (χ0) is 13.8. The lowest BCUT2D eigenvalue weighted by Crippen LogP contribution is -2.05. The number of hydrogen-bond acceptors (Lipinski definition) is 2. The summed E-state index contributed by atoms with van der Waals surface area (Å²) in [6.45, 7) is 0.435. The molecule has 1 N–H and O–H groups in total. The molecule has 1 heterocycles. The van der Waals surface area contributed by atoms with Gasteiger partial charge in [-0.15, -0.1) is 0 Å². The van der Waals surface area contributed by atoms with Crippen LogP contribution in [0.2, 0.25) is 0 Å². The Bertz CT molecular complexity index is 692. The lowest BCUT2D eigenvalue weighted by atomic mass is 10.2. The van der Waals surface area contributed by atoms with E-state index in [1.54, 1.807) is 23.0 Å². The molecule has 0 aliphatic heterocycles. The van der Waals surface area contributed by atoms with Crippen LogP contribution in [0.4, 0.5) is 10.1 Å². The number of nitrogens with one attached hydrogen (secondary N) is 1. The number of anilines is 1. The Kier molecular flexibility index (Phi) is 3.46. The fourth-order valence-electron chi connectivity index (χ4n) is 2.07. The molecule has 3 nitrogen and oxygen atoms in total. The first-order chi connectivity index (χ1) is 9.84. The van der Waals surface area contributed by atoms with Gasteiger partial charge in [0.05, 0.1) is 11.4 Å². The fourth-order valence-corrected chi connectivity index (χ4v) is 2.07. The van der Waals surface area contributed by atoms with Crippen LogP contribution in [-0.2, 0) is 6.54 Å². The number of para-hydroxylation sites is 2. The minimum atomic E-state index is -0.198. The Labute approximate surface area is 116 Å². The molecule has 100 valence electrons. The average Bonchev–Trinajstić information content (AvgIpc) is 3.01. The highest BCUT2D eigenvalue weighted by Gasteiger charge is 2.05. The topological polar surface area (TPSA) is 29.9 Å². The second-order valence-electron chi connectivity index (χ2n) is 4.41. The molecule has 0 unspecified atom stereocenters. The highest BCUT2D eigenvalue weighted by molar-refractivity contribution is 5.60. The highest BCUT2D eigenvalue weighted by atomic mass is 19.1. The molecule has 20 heavy (non-hydrogen) atoms. The molecule has 0 fully saturated rings. The van der Waals surface area contributed by atoms with Crippen molar-refractivity contribution < 1.29 is 4.39 Å². The maximum absolute atomic E-state index is 13.6. The van der Waals surface area contributed by atoms with Crippen LogP contribution >= 0.6 is 0 Å². The average molecular weight is 267 g/mol. The summed E-state index contributed by atoms with van der Waals surface area (Å²) < 4.78 is 15.4. The number of halogens is 1. The molecule has 0 amide bonds. The van der Waals surface area contributed by atoms with Gasteiger partial charge in [-0.3, -0.25) is 0 Å². The fraction of sp³-hybridized carbons (Fsp3) is 0.0625. The predicted molar refractivity (Wildman–Crippen MR) is 77.3 cm³/mol. The third-order valence-electron chi connectivity index (χ3n) is 3.08. The van der Waals surface area contributed by atoms with Crippen molar-refractivity contribution in [2.75, 3.05) is 5.32 Å². The Morgan fingerprint density at radius 1 is 1.00 bits per heavy atom. The summed E-state index contributed by atoms with van der Waals surface area (Å²) in [6, 6.07) is 16.5. The first kappa shape index (κ1) is 12.4. The summed E-state index contributed by atoms with van der Waals surface area (Å²) in [4.78, 5) is 0. The van der Waals surface area contributed by atoms with E-state index in [4.69, 9.17) is 0 Å². The monoisotopic (exact) mass is 267 g/mol. The Hall–Kier alpha value is -2.62. The van der Waals surface area contributed by atoms with E-state index in [-0.39, 0.29) is 5.82 Å². The van der Waals surface area contributed by atoms with Crippen LogP contribution in [-0.4, -0.2) is 9.78 Å². The van der Waals surface area contributed by atoms with Gasteiger partial charge < -0.3 is 5.32 Å². The smallest absolute Gasteiger partial charge is 0.128 e. The minimum Gasteiger partial charge on any atom is -0.379 e. The van der Waals surface area contributed by atoms with Crippen molar-refractivity contribution in [1.29, 1.82) is 0 Å². The van der Waals surface area contributed by atoms with Crippen LogP contribution in [0.3, 0.4) is 0 Å². The highest BCUT2D eigenvalue weighted by Crippen LogP contribution is 2.20. The summed E-state index contributed by atoms with van der Waals surface area (Å²) in [5.74, 6) is -0.198. The van der Waals surface area contributed by atoms with Gasteiger partial charge in [0.15, 0.2) is 0 Å². The van der Waals surface area contributed by atoms with Crippen molar-refractivity contribution in [3.8, 4) is 5.69 Å². The lowest BCUT2D eigenvalue weighted by molar-refractivity contribution is 0.613. The maximum Gasteiger partial charge on any atom is 0.128 e. The zero-order valence-electron chi connectivity index (χ0n) is 10.8. The number of aromatic nitrogens is 2. The normalized spacial score (nSPS) is 10.4. The first-order valence-corrected chi connectivity index (χ1v) is 6.41. The molecule has 0 saturated carbocycles. The van der Waals surface area contributed by atoms with E-state index in [1.807, 2.05) is 42.6 Å². The van der Waals surface area contributed by atoms with Gasteiger partial charge >= 0.3 is 0 Å². The van der Waals surface area contributed by atoms with E-state index < -0.39 is 0 Å². The summed E-state index contributed by atoms with van der Waals surface area (Å²) in [7, 11) is 0. The zero-order valence-corrected chi connectivity index (χ0v) is 10.8. The summed E-state index contributed by atoms with van der Waals surface area (Å²) in [6.07, 6.45) is 3.61. The minimum absolute atomic E-state index is 0.198. The summed E-state index contributed by atoms with van der Waals surface area (Å²) in [5.41, 5.74) is 2.50. The van der Waals surface area contributed by atoms with Gasteiger partial charge in [0.1, 0.15) is 5.82 Å². The van der Waals surface area contributed by atoms with Gasteiger partial charge in [-0.05, 0) is 24.3 Å². The molecule has 0 bridgehead atoms. The van der Waals surface area contributed by atoms with E-state index in [0.29, 0.717) is 12.1 Å². The van der Waals surface area contributed by atoms with Crippen LogP contribution in [0.15, 0.2) is 67.0 Å². The van der Waals surface area contributed by atoms with E-state index in [9.17, 15) is 4.39 Å². The van der Waals surface area contributed by atoms with Crippen LogP contribution in [0, 0.1) is 5.82 Å². The first-order valence-electron chi connectivity index (χ1n) is 6.41. The largest absolute Gasteiger partial charge is 0.379 e. The quantitative estimate of drug-likeness (QED) is 0.782. The van der Waals surface area contributed by atoms with Gasteiger partial charge in [0.2, 0.25) is 0 Å². The van der Waals surface area contributed by atoms with Crippen molar-refractivity contribution >= 4 is 5.69 Å². The molecular weight excluding hydrogens is 253 g/mol. The van der Waals surface area contributed by atoms with Crippen LogP contribution in [0.1, 0.15) is 5.56 Å². The van der Waals surface area contributed by atoms with E-state index in [1.165, 1.54) is 6.07 Å². The van der Waals surface area contributed by atoms with Gasteiger partial charge in [0.25, 0.3) is 0 Å². The number of nitrogens with zero attached hydrogens (tertiary/aromatic N) is 2. The SMILES string of the molecule is Fc1ccccc1CNc1ccccc1-n1cccn1. The van der Waals surface area contributed by atoms with Crippen molar-refractivity contribution in [2.24, 2.45) is 0 Å². The van der Waals surface area contributed by atoms with Crippen LogP contribution in [0.25, 0.3) is 5.69 Å². The molecule has 2 aromatic carbocycles. The molecule has 0 saturated heterocycles. The summed E-state index contributed by atoms with van der Waals surface area (Å²) in [5, 5.41) is 7.48. The number of benzene rings is 2.